The molecule has 1 amide bonds. The number of aliphatic carboxylic acids is 1. The molecule has 36 heavy (non-hydrogen) atoms. The van der Waals surface area contributed by atoms with Crippen LogP contribution < -0.4 is 10.2 Å². The fraction of sp³-hybridized carbons (Fsp3) is 0.483. The van der Waals surface area contributed by atoms with Gasteiger partial charge in [-0.1, -0.05) is 49.6 Å². The van der Waals surface area contributed by atoms with E-state index in [1.54, 1.807) is 12.1 Å². The highest BCUT2D eigenvalue weighted by Crippen LogP contribution is 2.54. The van der Waals surface area contributed by atoms with E-state index < -0.39 is 17.4 Å². The molecule has 2 saturated carbocycles. The Morgan fingerprint density at radius 2 is 1.83 bits per heavy atom. The number of halogens is 1. The molecule has 4 atom stereocenters. The third-order valence-electron chi connectivity index (χ3n) is 8.59. The number of carbonyl (C=O) groups is 3. The number of carboxylic acid groups (broad SMARTS) is 1. The minimum Gasteiger partial charge on any atom is -0.480 e. The maximum absolute atomic E-state index is 14.0. The van der Waals surface area contributed by atoms with Crippen molar-refractivity contribution in [1.29, 1.82) is 0 Å². The number of nitrogens with zero attached hydrogens (tertiary/aromatic N) is 1. The first-order valence-corrected chi connectivity index (χ1v) is 13.4. The van der Waals surface area contributed by atoms with Crippen LogP contribution in [-0.2, 0) is 16.0 Å². The van der Waals surface area contributed by atoms with E-state index in [-0.39, 0.29) is 30.3 Å². The predicted octanol–water partition coefficient (Wildman–Crippen LogP) is 5.37. The van der Waals surface area contributed by atoms with Crippen molar-refractivity contribution in [3.63, 3.8) is 0 Å². The highest BCUT2D eigenvalue weighted by atomic mass is 35.5. The summed E-state index contributed by atoms with van der Waals surface area (Å²) in [7, 11) is 0. The molecule has 190 valence electrons. The molecule has 7 heteroatoms. The number of carboxylic acids is 1. The van der Waals surface area contributed by atoms with E-state index in [2.05, 4.69) is 12.2 Å². The van der Waals surface area contributed by atoms with E-state index in [0.717, 1.165) is 62.4 Å². The molecule has 2 aliphatic carbocycles. The van der Waals surface area contributed by atoms with Gasteiger partial charge < -0.3 is 14.8 Å². The highest BCUT2D eigenvalue weighted by Gasteiger charge is 2.57. The van der Waals surface area contributed by atoms with Gasteiger partial charge in [-0.25, -0.2) is 0 Å². The molecule has 2 aromatic rings. The summed E-state index contributed by atoms with van der Waals surface area (Å²) in [6.45, 7) is 2.08. The lowest BCUT2D eigenvalue weighted by Crippen LogP contribution is -2.65. The quantitative estimate of drug-likeness (QED) is 0.468. The summed E-state index contributed by atoms with van der Waals surface area (Å²) in [5.74, 6) is -1.64. The number of amides is 1. The monoisotopic (exact) mass is 508 g/mol. The second kappa shape index (κ2) is 9.98. The zero-order chi connectivity index (χ0) is 25.4. The van der Waals surface area contributed by atoms with Gasteiger partial charge in [0, 0.05) is 40.7 Å². The number of hydrogen-bond acceptors (Lipinski definition) is 4. The zero-order valence-corrected chi connectivity index (χ0v) is 21.3. The minimum absolute atomic E-state index is 0.0772. The molecule has 1 heterocycles. The van der Waals surface area contributed by atoms with E-state index in [0.29, 0.717) is 16.3 Å². The van der Waals surface area contributed by atoms with E-state index in [1.165, 1.54) is 0 Å². The van der Waals surface area contributed by atoms with Gasteiger partial charge in [0.2, 0.25) is 0 Å². The largest absolute Gasteiger partial charge is 0.480 e. The second-order valence-electron chi connectivity index (χ2n) is 10.5. The van der Waals surface area contributed by atoms with Crippen LogP contribution in [0.3, 0.4) is 0 Å². The van der Waals surface area contributed by atoms with E-state index >= 15 is 0 Å². The van der Waals surface area contributed by atoms with Gasteiger partial charge in [0.1, 0.15) is 11.8 Å². The van der Waals surface area contributed by atoms with Gasteiger partial charge in [-0.3, -0.25) is 14.9 Å². The number of aryl methyl sites for hydroxylation is 1. The zero-order valence-electron chi connectivity index (χ0n) is 20.6. The van der Waals surface area contributed by atoms with Gasteiger partial charge in [-0.2, -0.15) is 0 Å². The van der Waals surface area contributed by atoms with Gasteiger partial charge in [0.25, 0.3) is 5.91 Å². The molecule has 2 aromatic carbocycles. The van der Waals surface area contributed by atoms with Crippen LogP contribution in [-0.4, -0.2) is 40.9 Å². The number of aldehydes is 1. The predicted molar refractivity (Wildman–Crippen MR) is 140 cm³/mol. The van der Waals surface area contributed by atoms with Crippen LogP contribution in [0.1, 0.15) is 79.3 Å². The number of nitrogens with one attached hydrogen (secondary N) is 1. The Kier molecular flexibility index (Phi) is 6.92. The number of hydrogen-bond donors (Lipinski definition) is 2. The van der Waals surface area contributed by atoms with E-state index in [9.17, 15) is 19.5 Å². The molecule has 5 rings (SSSR count). The van der Waals surface area contributed by atoms with Crippen LogP contribution in [0.25, 0.3) is 0 Å². The van der Waals surface area contributed by atoms with Crippen molar-refractivity contribution >= 4 is 35.5 Å². The maximum Gasteiger partial charge on any atom is 0.325 e. The lowest BCUT2D eigenvalue weighted by atomic mass is 9.65. The first-order valence-electron chi connectivity index (χ1n) is 13.1. The molecule has 0 radical (unpaired) electrons. The summed E-state index contributed by atoms with van der Waals surface area (Å²) < 4.78 is 0. The highest BCUT2D eigenvalue weighted by molar-refractivity contribution is 6.31. The first-order chi connectivity index (χ1) is 17.4. The van der Waals surface area contributed by atoms with Gasteiger partial charge in [0.05, 0.1) is 0 Å². The lowest BCUT2D eigenvalue weighted by molar-refractivity contribution is -0.149. The Morgan fingerprint density at radius 1 is 1.11 bits per heavy atom. The van der Waals surface area contributed by atoms with Crippen LogP contribution in [0, 0.1) is 5.92 Å². The normalized spacial score (nSPS) is 24.8. The average molecular weight is 509 g/mol. The number of rotatable bonds is 8. The molecule has 0 spiro atoms. The van der Waals surface area contributed by atoms with Crippen molar-refractivity contribution in [2.75, 3.05) is 4.90 Å². The minimum atomic E-state index is -1.43. The van der Waals surface area contributed by atoms with Crippen LogP contribution >= 0.6 is 11.6 Å². The van der Waals surface area contributed by atoms with Crippen molar-refractivity contribution in [2.24, 2.45) is 5.92 Å². The van der Waals surface area contributed by atoms with Crippen molar-refractivity contribution in [3.05, 3.63) is 64.2 Å². The molecule has 6 nitrogen and oxygen atoms in total. The van der Waals surface area contributed by atoms with Gasteiger partial charge >= 0.3 is 5.97 Å². The standard InChI is InChI=1S/C29H33ClN2O4/c1-2-18-9-11-19(12-10-18)27(34)32-24-8-4-7-22(24)26(23-14-13-20(30)17-25(23)32)29(15-16-33,28(35)36)31-21-5-3-6-21/h9-14,16-17,21-22,24,26,31H,2-8,15H2,1H3,(H,35,36). The van der Waals surface area contributed by atoms with Gasteiger partial charge in [-0.15, -0.1) is 0 Å². The Labute approximate surface area is 217 Å². The molecule has 1 aliphatic heterocycles. The van der Waals surface area contributed by atoms with Crippen molar-refractivity contribution in [2.45, 2.75) is 81.8 Å². The fourth-order valence-electron chi connectivity index (χ4n) is 6.60. The second-order valence-corrected chi connectivity index (χ2v) is 10.9. The summed E-state index contributed by atoms with van der Waals surface area (Å²) in [5.41, 5.74) is 1.77. The molecule has 2 N–H and O–H groups in total. The van der Waals surface area contributed by atoms with Crippen LogP contribution in [0.4, 0.5) is 5.69 Å². The molecule has 0 saturated heterocycles. The van der Waals surface area contributed by atoms with Crippen LogP contribution in [0.15, 0.2) is 42.5 Å². The summed E-state index contributed by atoms with van der Waals surface area (Å²) >= 11 is 6.45. The molecule has 3 aliphatic rings. The third-order valence-corrected chi connectivity index (χ3v) is 8.83. The Morgan fingerprint density at radius 3 is 2.44 bits per heavy atom. The van der Waals surface area contributed by atoms with Crippen LogP contribution in [0.2, 0.25) is 5.02 Å². The van der Waals surface area contributed by atoms with E-state index in [4.69, 9.17) is 11.6 Å². The van der Waals surface area contributed by atoms with E-state index in [1.807, 2.05) is 35.2 Å². The summed E-state index contributed by atoms with van der Waals surface area (Å²) in [6, 6.07) is 13.0. The number of carbonyl (C=O) groups excluding carboxylic acids is 2. The molecule has 4 unspecified atom stereocenters. The Balaban J connectivity index is 1.65. The maximum atomic E-state index is 14.0. The van der Waals surface area contributed by atoms with Crippen molar-refractivity contribution in [1.82, 2.24) is 5.32 Å². The average Bonchev–Trinajstić information content (AvgIpc) is 3.32. The number of benzene rings is 2. The molecular formula is C29H33ClN2O4. The fourth-order valence-corrected chi connectivity index (χ4v) is 6.76. The molecule has 0 aromatic heterocycles. The number of fused-ring (bicyclic) bond motifs is 2. The molecule has 2 fully saturated rings. The summed E-state index contributed by atoms with van der Waals surface area (Å²) in [4.78, 5) is 40.8. The van der Waals surface area contributed by atoms with Crippen LogP contribution in [0.5, 0.6) is 0 Å². The van der Waals surface area contributed by atoms with Gasteiger partial charge in [0.15, 0.2) is 0 Å². The van der Waals surface area contributed by atoms with Crippen molar-refractivity contribution < 1.29 is 19.5 Å². The Bertz CT molecular complexity index is 1160. The first kappa shape index (κ1) is 25.0. The SMILES string of the molecule is CCc1ccc(C(=O)N2c3cc(Cl)ccc3C(C(CC=O)(NC3CCC3)C(=O)O)C3CCCC32)cc1. The van der Waals surface area contributed by atoms with Crippen molar-refractivity contribution in [3.8, 4) is 0 Å². The topological polar surface area (TPSA) is 86.7 Å². The summed E-state index contributed by atoms with van der Waals surface area (Å²) in [6.07, 6.45) is 6.84. The van der Waals surface area contributed by atoms with Gasteiger partial charge in [-0.05, 0) is 73.4 Å². The molecule has 0 bridgehead atoms. The summed E-state index contributed by atoms with van der Waals surface area (Å²) in [5, 5.41) is 14.6. The smallest absolute Gasteiger partial charge is 0.325 e. The lowest BCUT2D eigenvalue weighted by Gasteiger charge is -2.51. The molecular weight excluding hydrogens is 476 g/mol. The number of anilines is 1. The third kappa shape index (κ3) is 4.14. The Hall–Kier alpha value is -2.70.